The van der Waals surface area contributed by atoms with Crippen molar-refractivity contribution in [2.45, 2.75) is 13.0 Å². The van der Waals surface area contributed by atoms with Gasteiger partial charge in [0.15, 0.2) is 4.80 Å². The van der Waals surface area contributed by atoms with Gasteiger partial charge in [-0.3, -0.25) is 9.36 Å². The van der Waals surface area contributed by atoms with Crippen LogP contribution in [-0.4, -0.2) is 17.1 Å². The highest BCUT2D eigenvalue weighted by Gasteiger charge is 2.35. The minimum atomic E-state index is -0.778. The summed E-state index contributed by atoms with van der Waals surface area (Å²) in [6.45, 7) is 1.91. The number of benzene rings is 3. The molecule has 0 saturated carbocycles. The molecule has 1 aliphatic heterocycles. The van der Waals surface area contributed by atoms with Crippen molar-refractivity contribution in [1.29, 1.82) is 0 Å². The minimum Gasteiger partial charge on any atom is -0.463 e. The number of nitrogens with zero attached hydrogens (tertiary/aromatic N) is 2. The van der Waals surface area contributed by atoms with Gasteiger partial charge in [-0.25, -0.2) is 9.79 Å². The van der Waals surface area contributed by atoms with E-state index in [-0.39, 0.29) is 17.7 Å². The van der Waals surface area contributed by atoms with Gasteiger partial charge in [0, 0.05) is 10.6 Å². The smallest absolute Gasteiger partial charge is 0.338 e. The Balaban J connectivity index is 1.84. The van der Waals surface area contributed by atoms with Gasteiger partial charge in [-0.2, -0.15) is 0 Å². The van der Waals surface area contributed by atoms with Crippen molar-refractivity contribution in [3.63, 3.8) is 0 Å². The van der Waals surface area contributed by atoms with Crippen LogP contribution in [0.5, 0.6) is 0 Å². The first kappa shape index (κ1) is 25.5. The quantitative estimate of drug-likeness (QED) is 0.281. The Hall–Kier alpha value is -3.16. The summed E-state index contributed by atoms with van der Waals surface area (Å²) >= 11 is 20.0. The van der Waals surface area contributed by atoms with Crippen molar-refractivity contribution < 1.29 is 9.53 Å². The maximum absolute atomic E-state index is 13.8. The van der Waals surface area contributed by atoms with Crippen molar-refractivity contribution in [2.75, 3.05) is 6.61 Å². The van der Waals surface area contributed by atoms with Gasteiger partial charge in [0.2, 0.25) is 0 Å². The van der Waals surface area contributed by atoms with Crippen LogP contribution in [0.25, 0.3) is 11.8 Å². The summed E-state index contributed by atoms with van der Waals surface area (Å²) in [6.07, 6.45) is 1.69. The predicted molar refractivity (Wildman–Crippen MR) is 149 cm³/mol. The van der Waals surface area contributed by atoms with Crippen LogP contribution < -0.4 is 14.9 Å². The van der Waals surface area contributed by atoms with E-state index in [1.54, 1.807) is 55.5 Å². The van der Waals surface area contributed by atoms with E-state index in [1.807, 2.05) is 30.3 Å². The second-order valence-corrected chi connectivity index (χ2v) is 10.4. The molecule has 0 bridgehead atoms. The van der Waals surface area contributed by atoms with Gasteiger partial charge in [0.05, 0.1) is 38.5 Å². The van der Waals surface area contributed by atoms with Crippen LogP contribution in [0.2, 0.25) is 15.1 Å². The van der Waals surface area contributed by atoms with E-state index in [1.165, 1.54) is 15.9 Å². The number of halogens is 3. The summed E-state index contributed by atoms with van der Waals surface area (Å²) in [5, 5.41) is 1.27. The minimum absolute atomic E-state index is 0.176. The molecule has 0 fully saturated rings. The normalized spacial score (nSPS) is 15.4. The molecule has 0 spiro atoms. The Kier molecular flexibility index (Phi) is 7.36. The molecule has 0 unspecified atom stereocenters. The number of esters is 1. The lowest BCUT2D eigenvalue weighted by Crippen LogP contribution is -2.40. The maximum atomic E-state index is 13.8. The lowest BCUT2D eigenvalue weighted by atomic mass is 9.93. The third kappa shape index (κ3) is 4.90. The molecule has 1 aliphatic rings. The number of carbonyl (C=O) groups is 1. The van der Waals surface area contributed by atoms with E-state index in [9.17, 15) is 9.59 Å². The van der Waals surface area contributed by atoms with Crippen LogP contribution in [0.1, 0.15) is 29.7 Å². The van der Waals surface area contributed by atoms with E-state index in [2.05, 4.69) is 0 Å². The van der Waals surface area contributed by atoms with Crippen LogP contribution >= 0.6 is 46.1 Å². The fourth-order valence-electron chi connectivity index (χ4n) is 4.17. The average Bonchev–Trinajstić information content (AvgIpc) is 3.21. The second kappa shape index (κ2) is 10.7. The van der Waals surface area contributed by atoms with Crippen LogP contribution in [0, 0.1) is 0 Å². The van der Waals surface area contributed by atoms with E-state index in [0.29, 0.717) is 41.2 Å². The number of thiazole rings is 1. The van der Waals surface area contributed by atoms with Gasteiger partial charge >= 0.3 is 5.97 Å². The molecule has 0 aliphatic carbocycles. The van der Waals surface area contributed by atoms with Crippen molar-refractivity contribution in [2.24, 2.45) is 4.99 Å². The Bertz CT molecular complexity index is 1710. The van der Waals surface area contributed by atoms with E-state index in [4.69, 9.17) is 44.5 Å². The van der Waals surface area contributed by atoms with Gasteiger partial charge in [-0.05, 0) is 42.3 Å². The number of hydrogen-bond donors (Lipinski definition) is 0. The molecule has 4 aromatic rings. The number of aromatic nitrogens is 1. The Morgan fingerprint density at radius 3 is 2.46 bits per heavy atom. The molecule has 0 radical (unpaired) electrons. The van der Waals surface area contributed by atoms with Gasteiger partial charge < -0.3 is 4.74 Å². The lowest BCUT2D eigenvalue weighted by molar-refractivity contribution is -0.138. The zero-order chi connectivity index (χ0) is 26.1. The molecule has 5 rings (SSSR count). The summed E-state index contributed by atoms with van der Waals surface area (Å²) in [5.41, 5.74) is 2.45. The number of ether oxygens (including phenoxy) is 1. The summed E-state index contributed by atoms with van der Waals surface area (Å²) in [7, 11) is 0. The standard InChI is InChI=1S/C28H19Cl3N2O3S/c1-2-36-27(35)22-24(16-7-4-3-5-8-16)32-28-33(25(22)17-11-13-19(29)14-12-17)26(34)21(37-28)15-18-9-6-10-20(30)23(18)31/h3-15,25H,2H2,1H3/b21-15-/t25-/m0/s1. The summed E-state index contributed by atoms with van der Waals surface area (Å²) < 4.78 is 7.39. The van der Waals surface area contributed by atoms with Crippen molar-refractivity contribution in [3.05, 3.63) is 130 Å². The summed E-state index contributed by atoms with van der Waals surface area (Å²) in [6, 6.07) is 20.9. The fraction of sp³-hybridized carbons (Fsp3) is 0.107. The van der Waals surface area contributed by atoms with E-state index in [0.717, 1.165) is 5.56 Å². The third-order valence-corrected chi connectivity index (χ3v) is 7.90. The first-order valence-corrected chi connectivity index (χ1v) is 13.3. The molecule has 5 nitrogen and oxygen atoms in total. The predicted octanol–water partition coefficient (Wildman–Crippen LogP) is 5.90. The number of fused-ring (bicyclic) bond motifs is 1. The Morgan fingerprint density at radius 1 is 1.03 bits per heavy atom. The second-order valence-electron chi connectivity index (χ2n) is 8.13. The molecule has 0 saturated heterocycles. The molecule has 1 aromatic heterocycles. The zero-order valence-corrected chi connectivity index (χ0v) is 22.5. The van der Waals surface area contributed by atoms with Crippen molar-refractivity contribution in [3.8, 4) is 0 Å². The van der Waals surface area contributed by atoms with Crippen LogP contribution in [0.4, 0.5) is 0 Å². The van der Waals surface area contributed by atoms with E-state index >= 15 is 0 Å². The maximum Gasteiger partial charge on any atom is 0.338 e. The molecule has 186 valence electrons. The van der Waals surface area contributed by atoms with Gasteiger partial charge in [0.1, 0.15) is 0 Å². The van der Waals surface area contributed by atoms with Gasteiger partial charge in [-0.1, -0.05) is 101 Å². The molecule has 2 heterocycles. The van der Waals surface area contributed by atoms with Crippen LogP contribution in [-0.2, 0) is 9.53 Å². The average molecular weight is 570 g/mol. The summed E-state index contributed by atoms with van der Waals surface area (Å²) in [4.78, 5) is 32.5. The molecular formula is C28H19Cl3N2O3S. The van der Waals surface area contributed by atoms with Crippen molar-refractivity contribution >= 4 is 63.9 Å². The number of rotatable bonds is 5. The zero-order valence-electron chi connectivity index (χ0n) is 19.5. The Morgan fingerprint density at radius 2 is 1.76 bits per heavy atom. The van der Waals surface area contributed by atoms with Crippen LogP contribution in [0.15, 0.2) is 88.2 Å². The molecule has 1 atom stereocenters. The highest BCUT2D eigenvalue weighted by Crippen LogP contribution is 2.35. The molecule has 3 aromatic carbocycles. The lowest BCUT2D eigenvalue weighted by Gasteiger charge is -2.25. The number of hydrogen-bond acceptors (Lipinski definition) is 5. The monoisotopic (exact) mass is 568 g/mol. The highest BCUT2D eigenvalue weighted by molar-refractivity contribution is 7.07. The van der Waals surface area contributed by atoms with Crippen molar-refractivity contribution in [1.82, 2.24) is 4.57 Å². The molecular weight excluding hydrogens is 551 g/mol. The summed E-state index contributed by atoms with van der Waals surface area (Å²) in [5.74, 6) is -0.544. The molecule has 37 heavy (non-hydrogen) atoms. The molecule has 9 heteroatoms. The van der Waals surface area contributed by atoms with Gasteiger partial charge in [-0.15, -0.1) is 0 Å². The van der Waals surface area contributed by atoms with Gasteiger partial charge in [0.25, 0.3) is 5.56 Å². The molecule has 0 N–H and O–H groups in total. The molecule has 0 amide bonds. The first-order valence-electron chi connectivity index (χ1n) is 11.4. The number of carbonyl (C=O) groups excluding carboxylic acids is 1. The third-order valence-electron chi connectivity index (χ3n) is 5.83. The first-order chi connectivity index (χ1) is 17.9. The van der Waals surface area contributed by atoms with E-state index < -0.39 is 12.0 Å². The topological polar surface area (TPSA) is 60.7 Å². The Labute approximate surface area is 231 Å². The fourth-order valence-corrected chi connectivity index (χ4v) is 5.65. The van der Waals surface area contributed by atoms with Crippen LogP contribution in [0.3, 0.4) is 0 Å². The highest BCUT2D eigenvalue weighted by atomic mass is 35.5. The SMILES string of the molecule is CCOC(=O)C1=C(c2ccccc2)N=c2s/c(=C\c3cccc(Cl)c3Cl)c(=O)n2[C@H]1c1ccc(Cl)cc1. The largest absolute Gasteiger partial charge is 0.463 e.